The van der Waals surface area contributed by atoms with Crippen LogP contribution in [0.1, 0.15) is 11.1 Å². The summed E-state index contributed by atoms with van der Waals surface area (Å²) in [6.07, 6.45) is 3.47. The molecule has 0 aliphatic carbocycles. The van der Waals surface area contributed by atoms with Crippen molar-refractivity contribution in [3.63, 3.8) is 0 Å². The number of rotatable bonds is 6. The summed E-state index contributed by atoms with van der Waals surface area (Å²) in [5.41, 5.74) is 2.20. The fourth-order valence-corrected chi connectivity index (χ4v) is 1.38. The van der Waals surface area contributed by atoms with Crippen LogP contribution in [0.5, 0.6) is 11.5 Å². The lowest BCUT2D eigenvalue weighted by atomic mass is 10.1. The topological polar surface area (TPSA) is 18.5 Å². The SMILES string of the molecule is C=CCOc1ccc(OCC=C)c(C)c1C. The summed E-state index contributed by atoms with van der Waals surface area (Å²) in [5.74, 6) is 1.76. The molecule has 1 rings (SSSR count). The van der Waals surface area contributed by atoms with Crippen LogP contribution in [0.15, 0.2) is 37.4 Å². The van der Waals surface area contributed by atoms with Crippen molar-refractivity contribution in [2.45, 2.75) is 13.8 Å². The molecule has 0 spiro atoms. The summed E-state index contributed by atoms with van der Waals surface area (Å²) in [5, 5.41) is 0. The van der Waals surface area contributed by atoms with Crippen molar-refractivity contribution in [2.75, 3.05) is 13.2 Å². The minimum Gasteiger partial charge on any atom is -0.489 e. The molecule has 0 amide bonds. The summed E-state index contributed by atoms with van der Waals surface area (Å²) in [7, 11) is 0. The van der Waals surface area contributed by atoms with E-state index in [1.165, 1.54) is 0 Å². The molecule has 2 nitrogen and oxygen atoms in total. The highest BCUT2D eigenvalue weighted by atomic mass is 16.5. The van der Waals surface area contributed by atoms with Crippen LogP contribution >= 0.6 is 0 Å². The summed E-state index contributed by atoms with van der Waals surface area (Å²) >= 11 is 0. The molecule has 0 radical (unpaired) electrons. The van der Waals surface area contributed by atoms with Crippen LogP contribution < -0.4 is 9.47 Å². The molecule has 0 aliphatic rings. The Morgan fingerprint density at radius 2 is 1.31 bits per heavy atom. The number of hydrogen-bond acceptors (Lipinski definition) is 2. The third-order valence-electron chi connectivity index (χ3n) is 2.40. The lowest BCUT2D eigenvalue weighted by Crippen LogP contribution is -2.00. The van der Waals surface area contributed by atoms with E-state index in [4.69, 9.17) is 9.47 Å². The first-order valence-corrected chi connectivity index (χ1v) is 5.28. The Labute approximate surface area is 97.2 Å². The van der Waals surface area contributed by atoms with Gasteiger partial charge in [0.1, 0.15) is 24.7 Å². The maximum atomic E-state index is 5.53. The van der Waals surface area contributed by atoms with E-state index >= 15 is 0 Å². The second-order valence-electron chi connectivity index (χ2n) is 3.51. The number of hydrogen-bond donors (Lipinski definition) is 0. The van der Waals surface area contributed by atoms with Gasteiger partial charge in [0.25, 0.3) is 0 Å². The monoisotopic (exact) mass is 218 g/mol. The molecule has 1 aromatic rings. The smallest absolute Gasteiger partial charge is 0.123 e. The predicted molar refractivity (Wildman–Crippen MR) is 67.3 cm³/mol. The molecule has 1 aromatic carbocycles. The normalized spacial score (nSPS) is 9.62. The molecule has 0 aromatic heterocycles. The van der Waals surface area contributed by atoms with Gasteiger partial charge in [0.05, 0.1) is 0 Å². The molecule has 0 saturated carbocycles. The van der Waals surface area contributed by atoms with Crippen LogP contribution in [0, 0.1) is 13.8 Å². The highest BCUT2D eigenvalue weighted by molar-refractivity contribution is 5.47. The lowest BCUT2D eigenvalue weighted by Gasteiger charge is -2.13. The largest absolute Gasteiger partial charge is 0.489 e. The van der Waals surface area contributed by atoms with Crippen LogP contribution in [-0.2, 0) is 0 Å². The first-order valence-electron chi connectivity index (χ1n) is 5.28. The Balaban J connectivity index is 2.88. The minimum atomic E-state index is 0.521. The maximum Gasteiger partial charge on any atom is 0.123 e. The Hall–Kier alpha value is -1.70. The predicted octanol–water partition coefficient (Wildman–Crippen LogP) is 3.43. The molecule has 0 bridgehead atoms. The van der Waals surface area contributed by atoms with Crippen molar-refractivity contribution in [1.82, 2.24) is 0 Å². The fraction of sp³-hybridized carbons (Fsp3) is 0.286. The minimum absolute atomic E-state index is 0.521. The summed E-state index contributed by atoms with van der Waals surface area (Å²) in [6.45, 7) is 12.3. The van der Waals surface area contributed by atoms with Gasteiger partial charge in [0.2, 0.25) is 0 Å². The molecule has 0 aliphatic heterocycles. The average Bonchev–Trinajstić information content (AvgIpc) is 2.30. The molecule has 16 heavy (non-hydrogen) atoms. The molecule has 0 atom stereocenters. The van der Waals surface area contributed by atoms with E-state index in [2.05, 4.69) is 13.2 Å². The Morgan fingerprint density at radius 1 is 0.938 bits per heavy atom. The van der Waals surface area contributed by atoms with Crippen LogP contribution in [0.3, 0.4) is 0 Å². The molecule has 0 unspecified atom stereocenters. The van der Waals surface area contributed by atoms with E-state index in [0.29, 0.717) is 13.2 Å². The molecular formula is C14H18O2. The molecule has 0 N–H and O–H groups in total. The number of benzene rings is 1. The fourth-order valence-electron chi connectivity index (χ4n) is 1.38. The summed E-state index contributed by atoms with van der Waals surface area (Å²) in [6, 6.07) is 3.84. The zero-order chi connectivity index (χ0) is 12.0. The second-order valence-corrected chi connectivity index (χ2v) is 3.51. The van der Waals surface area contributed by atoms with Gasteiger partial charge >= 0.3 is 0 Å². The highest BCUT2D eigenvalue weighted by Crippen LogP contribution is 2.29. The standard InChI is InChI=1S/C14H18O2/c1-5-9-15-13-7-8-14(16-10-6-2)12(4)11(13)3/h5-8H,1-2,9-10H2,3-4H3. The Kier molecular flexibility index (Phi) is 4.65. The summed E-state index contributed by atoms with van der Waals surface area (Å²) < 4.78 is 11.1. The Bertz CT molecular complexity index is 344. The second kappa shape index (κ2) is 6.01. The van der Waals surface area contributed by atoms with Gasteiger partial charge < -0.3 is 9.47 Å². The Morgan fingerprint density at radius 3 is 1.62 bits per heavy atom. The first-order chi connectivity index (χ1) is 7.70. The number of ether oxygens (including phenoxy) is 2. The zero-order valence-electron chi connectivity index (χ0n) is 9.95. The van der Waals surface area contributed by atoms with Crippen LogP contribution in [-0.4, -0.2) is 13.2 Å². The molecule has 0 saturated heterocycles. The van der Waals surface area contributed by atoms with Crippen molar-refractivity contribution in [3.05, 3.63) is 48.6 Å². The van der Waals surface area contributed by atoms with E-state index in [1.54, 1.807) is 12.2 Å². The van der Waals surface area contributed by atoms with Gasteiger partial charge in [0.15, 0.2) is 0 Å². The van der Waals surface area contributed by atoms with Gasteiger partial charge in [-0.05, 0) is 37.1 Å². The van der Waals surface area contributed by atoms with Crippen LogP contribution in [0.25, 0.3) is 0 Å². The van der Waals surface area contributed by atoms with Crippen molar-refractivity contribution in [1.29, 1.82) is 0 Å². The van der Waals surface area contributed by atoms with E-state index in [1.807, 2.05) is 26.0 Å². The average molecular weight is 218 g/mol. The third kappa shape index (κ3) is 2.89. The summed E-state index contributed by atoms with van der Waals surface area (Å²) in [4.78, 5) is 0. The van der Waals surface area contributed by atoms with Gasteiger partial charge in [-0.1, -0.05) is 25.3 Å². The van der Waals surface area contributed by atoms with Crippen LogP contribution in [0.4, 0.5) is 0 Å². The zero-order valence-corrected chi connectivity index (χ0v) is 9.95. The van der Waals surface area contributed by atoms with Gasteiger partial charge in [-0.2, -0.15) is 0 Å². The van der Waals surface area contributed by atoms with Crippen molar-refractivity contribution >= 4 is 0 Å². The lowest BCUT2D eigenvalue weighted by molar-refractivity contribution is 0.348. The quantitative estimate of drug-likeness (QED) is 0.681. The van der Waals surface area contributed by atoms with Crippen molar-refractivity contribution in [3.8, 4) is 11.5 Å². The van der Waals surface area contributed by atoms with E-state index < -0.39 is 0 Å². The van der Waals surface area contributed by atoms with Crippen molar-refractivity contribution in [2.24, 2.45) is 0 Å². The molecule has 0 fully saturated rings. The van der Waals surface area contributed by atoms with Gasteiger partial charge in [-0.25, -0.2) is 0 Å². The molecule has 2 heteroatoms. The van der Waals surface area contributed by atoms with Gasteiger partial charge in [-0.3, -0.25) is 0 Å². The van der Waals surface area contributed by atoms with Gasteiger partial charge in [0, 0.05) is 0 Å². The molecular weight excluding hydrogens is 200 g/mol. The third-order valence-corrected chi connectivity index (χ3v) is 2.40. The van der Waals surface area contributed by atoms with Crippen LogP contribution in [0.2, 0.25) is 0 Å². The maximum absolute atomic E-state index is 5.53. The van der Waals surface area contributed by atoms with Crippen molar-refractivity contribution < 1.29 is 9.47 Å². The van der Waals surface area contributed by atoms with Gasteiger partial charge in [-0.15, -0.1) is 0 Å². The van der Waals surface area contributed by atoms with E-state index in [9.17, 15) is 0 Å². The van der Waals surface area contributed by atoms with E-state index in [-0.39, 0.29) is 0 Å². The molecule has 0 heterocycles. The van der Waals surface area contributed by atoms with E-state index in [0.717, 1.165) is 22.6 Å². The first kappa shape index (κ1) is 12.4. The molecule has 86 valence electrons. The highest BCUT2D eigenvalue weighted by Gasteiger charge is 2.07.